The number of carbonyl (C=O) groups is 3. The van der Waals surface area contributed by atoms with Crippen molar-refractivity contribution < 1.29 is 23.9 Å². The van der Waals surface area contributed by atoms with E-state index in [1.165, 1.54) is 25.2 Å². The maximum Gasteiger partial charge on any atom is 0.355 e. The average Bonchev–Trinajstić information content (AvgIpc) is 3.06. The van der Waals surface area contributed by atoms with Crippen LogP contribution < -0.4 is 10.2 Å². The molecule has 0 bridgehead atoms. The van der Waals surface area contributed by atoms with Gasteiger partial charge in [-0.3, -0.25) is 4.79 Å². The molecule has 0 saturated heterocycles. The number of hydrogen-bond donors (Lipinski definition) is 1. The Labute approximate surface area is 186 Å². The van der Waals surface area contributed by atoms with E-state index in [4.69, 9.17) is 9.47 Å². The van der Waals surface area contributed by atoms with E-state index in [1.54, 1.807) is 42.6 Å². The van der Waals surface area contributed by atoms with Gasteiger partial charge in [0.05, 0.1) is 31.0 Å². The number of para-hydroxylation sites is 1. The van der Waals surface area contributed by atoms with Crippen LogP contribution in [0, 0.1) is 0 Å². The van der Waals surface area contributed by atoms with Crippen molar-refractivity contribution in [3.63, 3.8) is 0 Å². The van der Waals surface area contributed by atoms with Crippen LogP contribution in [0.25, 0.3) is 0 Å². The summed E-state index contributed by atoms with van der Waals surface area (Å²) in [6.45, 7) is 2.06. The Morgan fingerprint density at radius 1 is 0.906 bits per heavy atom. The van der Waals surface area contributed by atoms with Crippen molar-refractivity contribution in [3.8, 4) is 0 Å². The van der Waals surface area contributed by atoms with Gasteiger partial charge in [-0.25, -0.2) is 9.59 Å². The van der Waals surface area contributed by atoms with Gasteiger partial charge in [-0.05, 0) is 48.4 Å². The number of rotatable bonds is 6. The van der Waals surface area contributed by atoms with E-state index in [0.717, 1.165) is 12.0 Å². The molecule has 0 aliphatic carbocycles. The number of allylic oxidation sites excluding steroid dienone is 2. The second kappa shape index (κ2) is 10.3. The summed E-state index contributed by atoms with van der Waals surface area (Å²) < 4.78 is 9.77. The molecule has 1 aliphatic rings. The summed E-state index contributed by atoms with van der Waals surface area (Å²) in [5.41, 5.74) is 2.47. The molecule has 0 aromatic heterocycles. The number of benzene rings is 2. The van der Waals surface area contributed by atoms with Crippen molar-refractivity contribution in [1.82, 2.24) is 0 Å². The van der Waals surface area contributed by atoms with Gasteiger partial charge in [-0.2, -0.15) is 0 Å². The first-order valence-electron chi connectivity index (χ1n) is 10.0. The quantitative estimate of drug-likeness (QED) is 0.695. The highest BCUT2D eigenvalue weighted by molar-refractivity contribution is 6.11. The molecule has 1 aliphatic heterocycles. The van der Waals surface area contributed by atoms with Gasteiger partial charge in [0.25, 0.3) is 5.91 Å². The van der Waals surface area contributed by atoms with Crippen molar-refractivity contribution >= 4 is 29.2 Å². The fourth-order valence-electron chi connectivity index (χ4n) is 3.25. The maximum absolute atomic E-state index is 13.1. The van der Waals surface area contributed by atoms with E-state index in [9.17, 15) is 14.4 Å². The number of nitrogens with zero attached hydrogens (tertiary/aromatic N) is 1. The first kappa shape index (κ1) is 22.6. The van der Waals surface area contributed by atoms with Gasteiger partial charge in [0.1, 0.15) is 5.70 Å². The van der Waals surface area contributed by atoms with Crippen LogP contribution in [-0.2, 0) is 25.5 Å². The number of methoxy groups -OCH3 is 2. The van der Waals surface area contributed by atoms with Crippen molar-refractivity contribution in [3.05, 3.63) is 95.4 Å². The SMILES string of the molecule is CCc1ccc(NC(=O)c2ccccc2N2C=CC=CC(C(=O)OC)=C2C(=O)OC)cc1. The van der Waals surface area contributed by atoms with Gasteiger partial charge in [0.2, 0.25) is 0 Å². The fraction of sp³-hybridized carbons (Fsp3) is 0.160. The number of aryl methyl sites for hydroxylation is 1. The summed E-state index contributed by atoms with van der Waals surface area (Å²) in [4.78, 5) is 39.6. The first-order chi connectivity index (χ1) is 15.5. The first-order valence-corrected chi connectivity index (χ1v) is 10.0. The normalized spacial score (nSPS) is 12.9. The van der Waals surface area contributed by atoms with Gasteiger partial charge in [0.15, 0.2) is 0 Å². The monoisotopic (exact) mass is 432 g/mol. The highest BCUT2D eigenvalue weighted by Crippen LogP contribution is 2.30. The third-order valence-corrected chi connectivity index (χ3v) is 4.92. The van der Waals surface area contributed by atoms with Crippen LogP contribution in [0.2, 0.25) is 0 Å². The Morgan fingerprint density at radius 3 is 2.25 bits per heavy atom. The Morgan fingerprint density at radius 2 is 1.59 bits per heavy atom. The van der Waals surface area contributed by atoms with Gasteiger partial charge in [-0.1, -0.05) is 37.3 Å². The zero-order chi connectivity index (χ0) is 23.1. The summed E-state index contributed by atoms with van der Waals surface area (Å²) in [5.74, 6) is -1.81. The summed E-state index contributed by atoms with van der Waals surface area (Å²) in [7, 11) is 2.45. The lowest BCUT2D eigenvalue weighted by atomic mass is 10.1. The van der Waals surface area contributed by atoms with Gasteiger partial charge in [0, 0.05) is 11.9 Å². The molecule has 0 radical (unpaired) electrons. The molecule has 7 heteroatoms. The van der Waals surface area contributed by atoms with E-state index in [2.05, 4.69) is 12.2 Å². The maximum atomic E-state index is 13.1. The lowest BCUT2D eigenvalue weighted by Gasteiger charge is -2.25. The molecule has 0 saturated carbocycles. The number of ether oxygens (including phenoxy) is 2. The molecule has 0 unspecified atom stereocenters. The van der Waals surface area contributed by atoms with E-state index < -0.39 is 11.9 Å². The fourth-order valence-corrected chi connectivity index (χ4v) is 3.25. The van der Waals surface area contributed by atoms with Crippen LogP contribution in [0.15, 0.2) is 84.2 Å². The molecule has 3 rings (SSSR count). The molecule has 164 valence electrons. The van der Waals surface area contributed by atoms with Gasteiger partial charge in [-0.15, -0.1) is 0 Å². The van der Waals surface area contributed by atoms with Crippen molar-refractivity contribution in [2.75, 3.05) is 24.4 Å². The highest BCUT2D eigenvalue weighted by atomic mass is 16.5. The topological polar surface area (TPSA) is 84.9 Å². The second-order valence-electron chi connectivity index (χ2n) is 6.84. The summed E-state index contributed by atoms with van der Waals surface area (Å²) >= 11 is 0. The number of hydrogen-bond acceptors (Lipinski definition) is 6. The van der Waals surface area contributed by atoms with Crippen LogP contribution in [0.4, 0.5) is 11.4 Å². The Balaban J connectivity index is 2.05. The molecule has 32 heavy (non-hydrogen) atoms. The van der Waals surface area contributed by atoms with Crippen LogP contribution in [0.1, 0.15) is 22.8 Å². The van der Waals surface area contributed by atoms with Crippen LogP contribution in [-0.4, -0.2) is 32.1 Å². The molecular weight excluding hydrogens is 408 g/mol. The molecular formula is C25H24N2O5. The second-order valence-corrected chi connectivity index (χ2v) is 6.84. The minimum atomic E-state index is -0.744. The third-order valence-electron chi connectivity index (χ3n) is 4.92. The van der Waals surface area contributed by atoms with Crippen molar-refractivity contribution in [2.45, 2.75) is 13.3 Å². The summed E-state index contributed by atoms with van der Waals surface area (Å²) in [6, 6.07) is 14.4. The van der Waals surface area contributed by atoms with Crippen LogP contribution >= 0.6 is 0 Å². The van der Waals surface area contributed by atoms with E-state index in [-0.39, 0.29) is 17.2 Å². The minimum Gasteiger partial charge on any atom is -0.465 e. The third kappa shape index (κ3) is 4.78. The zero-order valence-electron chi connectivity index (χ0n) is 18.1. The van der Waals surface area contributed by atoms with Crippen molar-refractivity contribution in [1.29, 1.82) is 0 Å². The van der Waals surface area contributed by atoms with Crippen molar-refractivity contribution in [2.24, 2.45) is 0 Å². The molecule has 2 aromatic rings. The molecule has 1 heterocycles. The number of anilines is 2. The molecule has 7 nitrogen and oxygen atoms in total. The molecule has 1 N–H and O–H groups in total. The molecule has 0 spiro atoms. The predicted molar refractivity (Wildman–Crippen MR) is 122 cm³/mol. The van der Waals surface area contributed by atoms with E-state index in [1.807, 2.05) is 24.3 Å². The summed E-state index contributed by atoms with van der Waals surface area (Å²) in [6.07, 6.45) is 7.20. The average molecular weight is 432 g/mol. The molecule has 1 amide bonds. The zero-order valence-corrected chi connectivity index (χ0v) is 18.1. The molecule has 2 aromatic carbocycles. The smallest absolute Gasteiger partial charge is 0.355 e. The minimum absolute atomic E-state index is 0.00900. The number of carbonyl (C=O) groups excluding carboxylic acids is 3. The van der Waals surface area contributed by atoms with Gasteiger partial charge < -0.3 is 19.7 Å². The van der Waals surface area contributed by atoms with Gasteiger partial charge >= 0.3 is 11.9 Å². The lowest BCUT2D eigenvalue weighted by Crippen LogP contribution is -2.28. The highest BCUT2D eigenvalue weighted by Gasteiger charge is 2.29. The molecule has 0 atom stereocenters. The summed E-state index contributed by atoms with van der Waals surface area (Å²) in [5, 5.41) is 2.88. The largest absolute Gasteiger partial charge is 0.465 e. The Hall–Kier alpha value is -4.13. The standard InChI is InChI=1S/C25H24N2O5/c1-4-17-12-14-18(15-13-17)26-23(28)19-9-5-6-11-21(19)27-16-8-7-10-20(24(29)31-2)22(27)25(30)32-3/h5-16H,4H2,1-3H3,(H,26,28). The lowest BCUT2D eigenvalue weighted by molar-refractivity contribution is -0.139. The number of amides is 1. The Kier molecular flexibility index (Phi) is 7.23. The molecule has 0 fully saturated rings. The Bertz CT molecular complexity index is 1110. The number of esters is 2. The number of nitrogens with one attached hydrogen (secondary N) is 1. The van der Waals surface area contributed by atoms with Crippen LogP contribution in [0.5, 0.6) is 0 Å². The van der Waals surface area contributed by atoms with E-state index >= 15 is 0 Å². The van der Waals surface area contributed by atoms with Crippen LogP contribution in [0.3, 0.4) is 0 Å². The predicted octanol–water partition coefficient (Wildman–Crippen LogP) is 3.99. The van der Waals surface area contributed by atoms with E-state index in [0.29, 0.717) is 16.9 Å².